The summed E-state index contributed by atoms with van der Waals surface area (Å²) in [5, 5.41) is 3.03. The van der Waals surface area contributed by atoms with Crippen molar-refractivity contribution in [2.24, 2.45) is 0 Å². The lowest BCUT2D eigenvalue weighted by atomic mass is 10.1. The second-order valence-corrected chi connectivity index (χ2v) is 7.42. The first-order valence-corrected chi connectivity index (χ1v) is 10.1. The maximum atomic E-state index is 13.0. The molecule has 0 radical (unpaired) electrons. The minimum Gasteiger partial charge on any atom is -0.355 e. The molecule has 2 aliphatic heterocycles. The highest BCUT2D eigenvalue weighted by Gasteiger charge is 2.39. The van der Waals surface area contributed by atoms with E-state index in [1.807, 2.05) is 30.3 Å². The van der Waals surface area contributed by atoms with Gasteiger partial charge in [0.2, 0.25) is 5.91 Å². The molecule has 2 amide bonds. The smallest absolute Gasteiger partial charge is 0.260 e. The summed E-state index contributed by atoms with van der Waals surface area (Å²) >= 11 is 0. The highest BCUT2D eigenvalue weighted by atomic mass is 16.2. The number of fused-ring (bicyclic) bond motifs is 1. The number of anilines is 1. The molecule has 1 atom stereocenters. The zero-order valence-electron chi connectivity index (χ0n) is 16.0. The number of pyridine rings is 1. The molecule has 146 valence electrons. The average Bonchev–Trinajstić information content (AvgIpc) is 3.01. The quantitative estimate of drug-likeness (QED) is 0.839. The van der Waals surface area contributed by atoms with Gasteiger partial charge in [-0.15, -0.1) is 0 Å². The zero-order valence-corrected chi connectivity index (χ0v) is 16.0. The van der Waals surface area contributed by atoms with Crippen molar-refractivity contribution in [2.75, 3.05) is 31.1 Å². The van der Waals surface area contributed by atoms with Crippen LogP contribution in [0.25, 0.3) is 0 Å². The Morgan fingerprint density at radius 3 is 2.64 bits per heavy atom. The van der Waals surface area contributed by atoms with E-state index in [-0.39, 0.29) is 24.3 Å². The fraction of sp³-hybridized carbons (Fsp3) is 0.409. The van der Waals surface area contributed by atoms with Gasteiger partial charge in [0, 0.05) is 25.0 Å². The maximum absolute atomic E-state index is 13.0. The van der Waals surface area contributed by atoms with Gasteiger partial charge in [-0.25, -0.2) is 0 Å². The Hall–Kier alpha value is -2.73. The molecule has 2 aromatic rings. The number of piperidine rings is 1. The Bertz CT molecular complexity index is 833. The fourth-order valence-corrected chi connectivity index (χ4v) is 4.12. The van der Waals surface area contributed by atoms with Crippen molar-refractivity contribution in [3.63, 3.8) is 0 Å². The molecule has 0 spiro atoms. The number of amides is 2. The van der Waals surface area contributed by atoms with E-state index < -0.39 is 0 Å². The Morgan fingerprint density at radius 1 is 1.07 bits per heavy atom. The molecule has 1 saturated heterocycles. The standard InChI is InChI=1S/C22H26N4O2/c27-20(23-12-15-25-13-5-2-6-14-25)16-19-21-18(10-7-11-24-21)22(28)26(19)17-8-3-1-4-9-17/h1,3-4,7-11,19H,2,5-6,12-16H2,(H,23,27)/t19-/m0/s1. The van der Waals surface area contributed by atoms with E-state index in [1.165, 1.54) is 19.3 Å². The van der Waals surface area contributed by atoms with Crippen LogP contribution < -0.4 is 10.2 Å². The number of carbonyl (C=O) groups excluding carboxylic acids is 2. The lowest BCUT2D eigenvalue weighted by molar-refractivity contribution is -0.121. The predicted molar refractivity (Wildman–Crippen MR) is 108 cm³/mol. The second kappa shape index (κ2) is 8.52. The third kappa shape index (κ3) is 3.92. The molecule has 6 heteroatoms. The largest absolute Gasteiger partial charge is 0.355 e. The molecule has 1 N–H and O–H groups in total. The zero-order chi connectivity index (χ0) is 19.3. The Morgan fingerprint density at radius 2 is 1.86 bits per heavy atom. The van der Waals surface area contributed by atoms with Gasteiger partial charge < -0.3 is 10.2 Å². The Kier molecular flexibility index (Phi) is 5.67. The highest BCUT2D eigenvalue weighted by Crippen LogP contribution is 2.37. The number of hydrogen-bond donors (Lipinski definition) is 1. The highest BCUT2D eigenvalue weighted by molar-refractivity contribution is 6.11. The van der Waals surface area contributed by atoms with Gasteiger partial charge in [-0.3, -0.25) is 19.5 Å². The number of para-hydroxylation sites is 1. The molecule has 6 nitrogen and oxygen atoms in total. The van der Waals surface area contributed by atoms with E-state index in [1.54, 1.807) is 23.2 Å². The monoisotopic (exact) mass is 378 g/mol. The van der Waals surface area contributed by atoms with Crippen LogP contribution >= 0.6 is 0 Å². The van der Waals surface area contributed by atoms with Crippen LogP contribution in [0.15, 0.2) is 48.7 Å². The van der Waals surface area contributed by atoms with Crippen molar-refractivity contribution in [2.45, 2.75) is 31.7 Å². The molecule has 1 aromatic heterocycles. The number of hydrogen-bond acceptors (Lipinski definition) is 4. The first kappa shape index (κ1) is 18.6. The number of likely N-dealkylation sites (tertiary alicyclic amines) is 1. The SMILES string of the molecule is O=C(C[C@H]1c2ncccc2C(=O)N1c1ccccc1)NCCN1CCCCC1. The van der Waals surface area contributed by atoms with Crippen LogP contribution in [0.4, 0.5) is 5.69 Å². The van der Waals surface area contributed by atoms with E-state index in [4.69, 9.17) is 0 Å². The van der Waals surface area contributed by atoms with Crippen molar-refractivity contribution in [1.29, 1.82) is 0 Å². The molecule has 1 aromatic carbocycles. The van der Waals surface area contributed by atoms with Gasteiger partial charge in [0.1, 0.15) is 0 Å². The number of aromatic nitrogens is 1. The molecule has 0 bridgehead atoms. The van der Waals surface area contributed by atoms with Gasteiger partial charge >= 0.3 is 0 Å². The van der Waals surface area contributed by atoms with Crippen molar-refractivity contribution in [3.8, 4) is 0 Å². The lowest BCUT2D eigenvalue weighted by Crippen LogP contribution is -2.39. The van der Waals surface area contributed by atoms with Crippen molar-refractivity contribution in [1.82, 2.24) is 15.2 Å². The van der Waals surface area contributed by atoms with Crippen LogP contribution in [0, 0.1) is 0 Å². The van der Waals surface area contributed by atoms with Crippen LogP contribution in [0.2, 0.25) is 0 Å². The van der Waals surface area contributed by atoms with Crippen molar-refractivity contribution >= 4 is 17.5 Å². The fourth-order valence-electron chi connectivity index (χ4n) is 4.12. The van der Waals surface area contributed by atoms with Crippen LogP contribution in [0.3, 0.4) is 0 Å². The van der Waals surface area contributed by atoms with Crippen molar-refractivity contribution < 1.29 is 9.59 Å². The van der Waals surface area contributed by atoms with Crippen LogP contribution in [-0.2, 0) is 4.79 Å². The van der Waals surface area contributed by atoms with Gasteiger partial charge in [-0.1, -0.05) is 24.6 Å². The number of benzene rings is 1. The van der Waals surface area contributed by atoms with Crippen LogP contribution in [0.1, 0.15) is 47.8 Å². The lowest BCUT2D eigenvalue weighted by Gasteiger charge is -2.27. The first-order chi connectivity index (χ1) is 13.7. The molecule has 0 aliphatic carbocycles. The third-order valence-corrected chi connectivity index (χ3v) is 5.53. The summed E-state index contributed by atoms with van der Waals surface area (Å²) < 4.78 is 0. The van der Waals surface area contributed by atoms with Gasteiger partial charge in [-0.2, -0.15) is 0 Å². The molecule has 2 aliphatic rings. The van der Waals surface area contributed by atoms with Crippen LogP contribution in [0.5, 0.6) is 0 Å². The summed E-state index contributed by atoms with van der Waals surface area (Å²) in [6.07, 6.45) is 5.69. The number of carbonyl (C=O) groups is 2. The first-order valence-electron chi connectivity index (χ1n) is 10.1. The van der Waals surface area contributed by atoms with E-state index in [2.05, 4.69) is 15.2 Å². The maximum Gasteiger partial charge on any atom is 0.260 e. The van der Waals surface area contributed by atoms with Gasteiger partial charge in [0.05, 0.1) is 23.7 Å². The van der Waals surface area contributed by atoms with E-state index in [0.29, 0.717) is 17.8 Å². The van der Waals surface area contributed by atoms with Crippen LogP contribution in [-0.4, -0.2) is 47.9 Å². The summed E-state index contributed by atoms with van der Waals surface area (Å²) in [6, 6.07) is 12.7. The molecular formula is C22H26N4O2. The molecule has 1 fully saturated rings. The Balaban J connectivity index is 1.44. The Labute approximate surface area is 165 Å². The van der Waals surface area contributed by atoms with Gasteiger partial charge in [-0.05, 0) is 50.2 Å². The summed E-state index contributed by atoms with van der Waals surface area (Å²) in [5.74, 6) is -0.144. The minimum atomic E-state index is -0.374. The van der Waals surface area contributed by atoms with E-state index in [9.17, 15) is 9.59 Å². The second-order valence-electron chi connectivity index (χ2n) is 7.42. The molecule has 0 saturated carbocycles. The summed E-state index contributed by atoms with van der Waals surface area (Å²) in [6.45, 7) is 3.75. The third-order valence-electron chi connectivity index (χ3n) is 5.53. The van der Waals surface area contributed by atoms with Gasteiger partial charge in [0.15, 0.2) is 0 Å². The van der Waals surface area contributed by atoms with Gasteiger partial charge in [0.25, 0.3) is 5.91 Å². The summed E-state index contributed by atoms with van der Waals surface area (Å²) in [5.41, 5.74) is 2.05. The minimum absolute atomic E-state index is 0.0470. The normalized spacial score (nSPS) is 19.5. The van der Waals surface area contributed by atoms with Crippen molar-refractivity contribution in [3.05, 3.63) is 59.9 Å². The molecule has 0 unspecified atom stereocenters. The average molecular weight is 378 g/mol. The van der Waals surface area contributed by atoms with E-state index in [0.717, 1.165) is 25.3 Å². The summed E-state index contributed by atoms with van der Waals surface area (Å²) in [4.78, 5) is 34.1. The molecule has 4 rings (SSSR count). The molecule has 3 heterocycles. The topological polar surface area (TPSA) is 65.5 Å². The van der Waals surface area contributed by atoms with E-state index >= 15 is 0 Å². The molecule has 28 heavy (non-hydrogen) atoms. The molecular weight excluding hydrogens is 352 g/mol. The number of nitrogens with one attached hydrogen (secondary N) is 1. The summed E-state index contributed by atoms with van der Waals surface area (Å²) in [7, 11) is 0. The predicted octanol–water partition coefficient (Wildman–Crippen LogP) is 2.78. The number of rotatable bonds is 6. The number of nitrogens with zero attached hydrogens (tertiary/aromatic N) is 3.